The van der Waals surface area contributed by atoms with Gasteiger partial charge in [-0.1, -0.05) is 45.0 Å². The lowest BCUT2D eigenvalue weighted by Crippen LogP contribution is -2.18. The Kier molecular flexibility index (Phi) is 5.70. The molecule has 0 unspecified atom stereocenters. The van der Waals surface area contributed by atoms with Gasteiger partial charge < -0.3 is 14.8 Å². The standard InChI is InChI=1S/C22H24N2O3S/c1-22(2,3)15-10-6-7-11-16(15)23-20(25)17-13-28-21(24-17)14-9-8-12-18(26-4)19(14)27-5/h6-13H,1-5H3,(H,23,25). The second-order valence-electron chi connectivity index (χ2n) is 7.33. The van der Waals surface area contributed by atoms with Crippen LogP contribution in [0.2, 0.25) is 0 Å². The smallest absolute Gasteiger partial charge is 0.275 e. The lowest BCUT2D eigenvalue weighted by Gasteiger charge is -2.22. The molecular weight excluding hydrogens is 372 g/mol. The molecule has 1 N–H and O–H groups in total. The van der Waals surface area contributed by atoms with Crippen LogP contribution < -0.4 is 14.8 Å². The van der Waals surface area contributed by atoms with Crippen LogP contribution in [0.15, 0.2) is 47.8 Å². The predicted molar refractivity (Wildman–Crippen MR) is 114 cm³/mol. The fourth-order valence-electron chi connectivity index (χ4n) is 2.99. The molecular formula is C22H24N2O3S. The Hall–Kier alpha value is -2.86. The summed E-state index contributed by atoms with van der Waals surface area (Å²) in [6.07, 6.45) is 0. The summed E-state index contributed by atoms with van der Waals surface area (Å²) in [7, 11) is 3.18. The van der Waals surface area contributed by atoms with Crippen LogP contribution in [0.1, 0.15) is 36.8 Å². The van der Waals surface area contributed by atoms with E-state index in [9.17, 15) is 4.79 Å². The molecule has 0 bridgehead atoms. The first kappa shape index (κ1) is 19.9. The number of benzene rings is 2. The van der Waals surface area contributed by atoms with Crippen LogP contribution in [0.5, 0.6) is 11.5 Å². The Balaban J connectivity index is 1.89. The van der Waals surface area contributed by atoms with E-state index in [0.717, 1.165) is 16.8 Å². The van der Waals surface area contributed by atoms with Gasteiger partial charge in [-0.15, -0.1) is 11.3 Å². The van der Waals surface area contributed by atoms with Crippen molar-refractivity contribution in [3.8, 4) is 22.1 Å². The first-order chi connectivity index (χ1) is 13.3. The second kappa shape index (κ2) is 8.02. The number of nitrogens with zero attached hydrogens (tertiary/aromatic N) is 1. The Morgan fingerprint density at radius 2 is 1.79 bits per heavy atom. The third kappa shape index (κ3) is 4.02. The van der Waals surface area contributed by atoms with Crippen molar-refractivity contribution in [3.63, 3.8) is 0 Å². The number of methoxy groups -OCH3 is 2. The third-order valence-electron chi connectivity index (χ3n) is 4.35. The summed E-state index contributed by atoms with van der Waals surface area (Å²) in [6, 6.07) is 13.4. The molecule has 3 rings (SSSR count). The highest BCUT2D eigenvalue weighted by Gasteiger charge is 2.21. The number of hydrogen-bond acceptors (Lipinski definition) is 5. The van der Waals surface area contributed by atoms with Crippen LogP contribution in [0.25, 0.3) is 10.6 Å². The zero-order chi connectivity index (χ0) is 20.3. The molecule has 0 aliphatic carbocycles. The van der Waals surface area contributed by atoms with E-state index in [1.165, 1.54) is 11.3 Å². The predicted octanol–water partition coefficient (Wildman–Crippen LogP) is 5.38. The van der Waals surface area contributed by atoms with Gasteiger partial charge in [-0.05, 0) is 29.2 Å². The molecule has 0 aliphatic heterocycles. The molecule has 0 aliphatic rings. The molecule has 6 heteroatoms. The van der Waals surface area contributed by atoms with E-state index in [1.54, 1.807) is 19.6 Å². The molecule has 2 aromatic carbocycles. The van der Waals surface area contributed by atoms with Crippen molar-refractivity contribution in [2.24, 2.45) is 0 Å². The van der Waals surface area contributed by atoms with Crippen molar-refractivity contribution >= 4 is 22.9 Å². The summed E-state index contributed by atoms with van der Waals surface area (Å²) in [5.41, 5.74) is 2.96. The van der Waals surface area contributed by atoms with Gasteiger partial charge in [-0.2, -0.15) is 0 Å². The summed E-state index contributed by atoms with van der Waals surface area (Å²) in [5.74, 6) is 0.991. The van der Waals surface area contributed by atoms with Crippen molar-refractivity contribution in [3.05, 3.63) is 59.1 Å². The molecule has 0 saturated carbocycles. The fraction of sp³-hybridized carbons (Fsp3) is 0.273. The van der Waals surface area contributed by atoms with Gasteiger partial charge in [0.2, 0.25) is 0 Å². The number of rotatable bonds is 5. The van der Waals surface area contributed by atoms with Crippen LogP contribution in [0.3, 0.4) is 0 Å². The molecule has 0 fully saturated rings. The molecule has 28 heavy (non-hydrogen) atoms. The molecule has 0 radical (unpaired) electrons. The summed E-state index contributed by atoms with van der Waals surface area (Å²) in [5, 5.41) is 5.45. The minimum absolute atomic E-state index is 0.0783. The number of carbonyl (C=O) groups is 1. The Morgan fingerprint density at radius 1 is 1.04 bits per heavy atom. The molecule has 146 valence electrons. The van der Waals surface area contributed by atoms with Crippen LogP contribution >= 0.6 is 11.3 Å². The van der Waals surface area contributed by atoms with Gasteiger partial charge in [0.15, 0.2) is 11.5 Å². The molecule has 0 spiro atoms. The zero-order valence-corrected chi connectivity index (χ0v) is 17.5. The number of aromatic nitrogens is 1. The lowest BCUT2D eigenvalue weighted by atomic mass is 9.86. The van der Waals surface area contributed by atoms with Crippen LogP contribution in [0.4, 0.5) is 5.69 Å². The molecule has 1 amide bonds. The van der Waals surface area contributed by atoms with E-state index in [2.05, 4.69) is 31.1 Å². The average Bonchev–Trinajstić information content (AvgIpc) is 3.17. The molecule has 5 nitrogen and oxygen atoms in total. The highest BCUT2D eigenvalue weighted by atomic mass is 32.1. The number of para-hydroxylation sites is 2. The van der Waals surface area contributed by atoms with E-state index in [-0.39, 0.29) is 11.3 Å². The minimum Gasteiger partial charge on any atom is -0.493 e. The normalized spacial score (nSPS) is 11.2. The Labute approximate surface area is 169 Å². The van der Waals surface area contributed by atoms with Gasteiger partial charge in [0.05, 0.1) is 19.8 Å². The second-order valence-corrected chi connectivity index (χ2v) is 8.19. The van der Waals surface area contributed by atoms with E-state index < -0.39 is 0 Å². The van der Waals surface area contributed by atoms with Gasteiger partial charge in [0, 0.05) is 11.1 Å². The van der Waals surface area contributed by atoms with E-state index in [0.29, 0.717) is 22.2 Å². The third-order valence-corrected chi connectivity index (χ3v) is 5.23. The van der Waals surface area contributed by atoms with E-state index in [4.69, 9.17) is 9.47 Å². The maximum Gasteiger partial charge on any atom is 0.275 e. The summed E-state index contributed by atoms with van der Waals surface area (Å²) < 4.78 is 10.8. The van der Waals surface area contributed by atoms with Crippen molar-refractivity contribution in [1.29, 1.82) is 0 Å². The lowest BCUT2D eigenvalue weighted by molar-refractivity contribution is 0.102. The highest BCUT2D eigenvalue weighted by molar-refractivity contribution is 7.13. The maximum absolute atomic E-state index is 12.8. The average molecular weight is 397 g/mol. The first-order valence-corrected chi connectivity index (χ1v) is 9.81. The van der Waals surface area contributed by atoms with Gasteiger partial charge in [0.25, 0.3) is 5.91 Å². The number of carbonyl (C=O) groups excluding carboxylic acids is 1. The quantitative estimate of drug-likeness (QED) is 0.629. The molecule has 0 atom stereocenters. The van der Waals surface area contributed by atoms with Crippen molar-refractivity contribution in [1.82, 2.24) is 4.98 Å². The van der Waals surface area contributed by atoms with Gasteiger partial charge in [0.1, 0.15) is 10.7 Å². The summed E-state index contributed by atoms with van der Waals surface area (Å²) >= 11 is 1.39. The van der Waals surface area contributed by atoms with Crippen LogP contribution in [0, 0.1) is 0 Å². The molecule has 1 aromatic heterocycles. The van der Waals surface area contributed by atoms with E-state index in [1.807, 2.05) is 42.5 Å². The number of hydrogen-bond donors (Lipinski definition) is 1. The zero-order valence-electron chi connectivity index (χ0n) is 16.7. The van der Waals surface area contributed by atoms with Gasteiger partial charge in [-0.3, -0.25) is 4.79 Å². The fourth-order valence-corrected chi connectivity index (χ4v) is 3.81. The number of anilines is 1. The van der Waals surface area contributed by atoms with Crippen molar-refractivity contribution in [2.45, 2.75) is 26.2 Å². The monoisotopic (exact) mass is 396 g/mol. The number of nitrogens with one attached hydrogen (secondary N) is 1. The number of ether oxygens (including phenoxy) is 2. The number of amides is 1. The first-order valence-electron chi connectivity index (χ1n) is 8.93. The van der Waals surface area contributed by atoms with Gasteiger partial charge in [-0.25, -0.2) is 4.98 Å². The topological polar surface area (TPSA) is 60.5 Å². The molecule has 0 saturated heterocycles. The van der Waals surface area contributed by atoms with Crippen molar-refractivity contribution in [2.75, 3.05) is 19.5 Å². The van der Waals surface area contributed by atoms with Crippen LogP contribution in [-0.4, -0.2) is 25.1 Å². The maximum atomic E-state index is 12.8. The molecule has 1 heterocycles. The SMILES string of the molecule is COc1cccc(-c2nc(C(=O)Nc3ccccc3C(C)(C)C)cs2)c1OC. The van der Waals surface area contributed by atoms with Gasteiger partial charge >= 0.3 is 0 Å². The summed E-state index contributed by atoms with van der Waals surface area (Å²) in [6.45, 7) is 6.36. The molecule has 3 aromatic rings. The largest absolute Gasteiger partial charge is 0.493 e. The summed E-state index contributed by atoms with van der Waals surface area (Å²) in [4.78, 5) is 17.3. The van der Waals surface area contributed by atoms with E-state index >= 15 is 0 Å². The Bertz CT molecular complexity index is 989. The van der Waals surface area contributed by atoms with Crippen LogP contribution in [-0.2, 0) is 5.41 Å². The highest BCUT2D eigenvalue weighted by Crippen LogP contribution is 2.39. The van der Waals surface area contributed by atoms with Crippen molar-refractivity contribution < 1.29 is 14.3 Å². The Morgan fingerprint density at radius 3 is 2.46 bits per heavy atom. The minimum atomic E-state index is -0.235. The number of thiazole rings is 1.